The van der Waals surface area contributed by atoms with Gasteiger partial charge in [0, 0.05) is 22.8 Å². The highest BCUT2D eigenvalue weighted by molar-refractivity contribution is 7.99. The van der Waals surface area contributed by atoms with Crippen molar-refractivity contribution in [2.75, 3.05) is 18.9 Å². The highest BCUT2D eigenvalue weighted by Gasteiger charge is 2.25. The summed E-state index contributed by atoms with van der Waals surface area (Å²) >= 11 is 1.85. The second-order valence-corrected chi connectivity index (χ2v) is 5.63. The van der Waals surface area contributed by atoms with Gasteiger partial charge in [0.05, 0.1) is 6.61 Å². The van der Waals surface area contributed by atoms with Crippen LogP contribution in [-0.4, -0.2) is 34.5 Å². The molecule has 0 radical (unpaired) electrons. The van der Waals surface area contributed by atoms with E-state index in [9.17, 15) is 5.11 Å². The maximum Gasteiger partial charge on any atom is 0.0613 e. The quantitative estimate of drug-likeness (QED) is 0.534. The van der Waals surface area contributed by atoms with E-state index in [1.807, 2.05) is 36.3 Å². The molecule has 0 saturated carbocycles. The third kappa shape index (κ3) is 4.96. The molecule has 0 aromatic carbocycles. The molecule has 3 nitrogen and oxygen atoms in total. The van der Waals surface area contributed by atoms with E-state index in [0.717, 1.165) is 31.6 Å². The highest BCUT2D eigenvalue weighted by Crippen LogP contribution is 2.22. The molecule has 0 aliphatic rings. The second kappa shape index (κ2) is 8.51. The van der Waals surface area contributed by atoms with Crippen LogP contribution in [0, 0.1) is 0 Å². The average Bonchev–Trinajstić information content (AvgIpc) is 2.43. The molecule has 0 aliphatic heterocycles. The van der Waals surface area contributed by atoms with Crippen LogP contribution in [0.3, 0.4) is 0 Å². The van der Waals surface area contributed by atoms with Gasteiger partial charge in [0.2, 0.25) is 0 Å². The molecule has 1 heterocycles. The van der Waals surface area contributed by atoms with Crippen molar-refractivity contribution in [1.29, 1.82) is 0 Å². The molecule has 1 aromatic rings. The zero-order valence-electron chi connectivity index (χ0n) is 11.4. The Morgan fingerprint density at radius 2 is 2.06 bits per heavy atom. The van der Waals surface area contributed by atoms with Crippen molar-refractivity contribution in [3.63, 3.8) is 0 Å². The van der Waals surface area contributed by atoms with Crippen molar-refractivity contribution >= 4 is 11.8 Å². The Kier molecular flexibility index (Phi) is 7.32. The molecule has 2 N–H and O–H groups in total. The standard InChI is InChI=1S/C14H24N2OS/c1-3-14(12-17,16-4-2)8-5-11-18-13-6-9-15-10-7-13/h6-7,9-10,16-17H,3-5,8,11-12H2,1-2H3. The van der Waals surface area contributed by atoms with E-state index in [0.29, 0.717) is 0 Å². The lowest BCUT2D eigenvalue weighted by Crippen LogP contribution is -2.48. The Labute approximate surface area is 114 Å². The molecule has 4 heteroatoms. The number of nitrogens with zero attached hydrogens (tertiary/aromatic N) is 1. The van der Waals surface area contributed by atoms with E-state index in [1.54, 1.807) is 0 Å². The van der Waals surface area contributed by atoms with Crippen LogP contribution in [-0.2, 0) is 0 Å². The van der Waals surface area contributed by atoms with Gasteiger partial charge < -0.3 is 10.4 Å². The molecule has 18 heavy (non-hydrogen) atoms. The minimum Gasteiger partial charge on any atom is -0.394 e. The molecule has 1 unspecified atom stereocenters. The van der Waals surface area contributed by atoms with Gasteiger partial charge in [-0.15, -0.1) is 11.8 Å². The summed E-state index contributed by atoms with van der Waals surface area (Å²) in [7, 11) is 0. The van der Waals surface area contributed by atoms with Gasteiger partial charge in [-0.1, -0.05) is 13.8 Å². The summed E-state index contributed by atoms with van der Waals surface area (Å²) in [5.74, 6) is 1.08. The zero-order chi connectivity index (χ0) is 13.3. The van der Waals surface area contributed by atoms with Crippen LogP contribution in [0.5, 0.6) is 0 Å². The van der Waals surface area contributed by atoms with Crippen molar-refractivity contribution in [3.05, 3.63) is 24.5 Å². The van der Waals surface area contributed by atoms with Gasteiger partial charge in [0.25, 0.3) is 0 Å². The van der Waals surface area contributed by atoms with Crippen LogP contribution in [0.2, 0.25) is 0 Å². The summed E-state index contributed by atoms with van der Waals surface area (Å²) < 4.78 is 0. The Morgan fingerprint density at radius 1 is 1.33 bits per heavy atom. The van der Waals surface area contributed by atoms with Gasteiger partial charge in [-0.2, -0.15) is 0 Å². The maximum absolute atomic E-state index is 9.55. The lowest BCUT2D eigenvalue weighted by atomic mass is 9.91. The first-order chi connectivity index (χ1) is 8.76. The molecular weight excluding hydrogens is 244 g/mol. The number of nitrogens with one attached hydrogen (secondary N) is 1. The second-order valence-electron chi connectivity index (χ2n) is 4.46. The molecule has 1 rings (SSSR count). The van der Waals surface area contributed by atoms with Gasteiger partial charge in [-0.3, -0.25) is 4.98 Å². The van der Waals surface area contributed by atoms with E-state index < -0.39 is 0 Å². The Bertz CT molecular complexity index is 315. The summed E-state index contributed by atoms with van der Waals surface area (Å²) in [5.41, 5.74) is -0.0897. The van der Waals surface area contributed by atoms with Crippen LogP contribution in [0.4, 0.5) is 0 Å². The van der Waals surface area contributed by atoms with Gasteiger partial charge in [0.1, 0.15) is 0 Å². The summed E-state index contributed by atoms with van der Waals surface area (Å²) in [6.07, 6.45) is 6.74. The SMILES string of the molecule is CCNC(CC)(CO)CCCSc1ccncc1. The van der Waals surface area contributed by atoms with Gasteiger partial charge >= 0.3 is 0 Å². The first-order valence-corrected chi connectivity index (χ1v) is 7.63. The Balaban J connectivity index is 2.31. The van der Waals surface area contributed by atoms with Gasteiger partial charge in [0.15, 0.2) is 0 Å². The number of rotatable bonds is 9. The monoisotopic (exact) mass is 268 g/mol. The predicted octanol–water partition coefficient (Wildman–Crippen LogP) is 2.70. The lowest BCUT2D eigenvalue weighted by molar-refractivity contribution is 0.148. The Hall–Kier alpha value is -0.580. The number of aliphatic hydroxyl groups is 1. The highest BCUT2D eigenvalue weighted by atomic mass is 32.2. The number of hydrogen-bond acceptors (Lipinski definition) is 4. The zero-order valence-corrected chi connectivity index (χ0v) is 12.2. The first-order valence-electron chi connectivity index (χ1n) is 6.65. The van der Waals surface area contributed by atoms with Crippen LogP contribution < -0.4 is 5.32 Å². The molecule has 1 aromatic heterocycles. The number of hydrogen-bond donors (Lipinski definition) is 2. The van der Waals surface area contributed by atoms with Crippen molar-refractivity contribution in [2.45, 2.75) is 43.5 Å². The van der Waals surface area contributed by atoms with Crippen molar-refractivity contribution in [3.8, 4) is 0 Å². The number of pyridine rings is 1. The van der Waals surface area contributed by atoms with Gasteiger partial charge in [-0.05, 0) is 43.7 Å². The van der Waals surface area contributed by atoms with Crippen LogP contribution >= 0.6 is 11.8 Å². The maximum atomic E-state index is 9.55. The minimum absolute atomic E-state index is 0.0897. The fourth-order valence-corrected chi connectivity index (χ4v) is 2.89. The molecule has 0 saturated heterocycles. The molecular formula is C14H24N2OS. The summed E-state index contributed by atoms with van der Waals surface area (Å²) in [4.78, 5) is 5.27. The fourth-order valence-electron chi connectivity index (χ4n) is 2.05. The van der Waals surface area contributed by atoms with E-state index >= 15 is 0 Å². The fraction of sp³-hybridized carbons (Fsp3) is 0.643. The van der Waals surface area contributed by atoms with Crippen molar-refractivity contribution in [2.24, 2.45) is 0 Å². The molecule has 0 aliphatic carbocycles. The van der Waals surface area contributed by atoms with E-state index in [4.69, 9.17) is 0 Å². The molecule has 0 bridgehead atoms. The normalized spacial score (nSPS) is 14.4. The Morgan fingerprint density at radius 3 is 2.61 bits per heavy atom. The van der Waals surface area contributed by atoms with E-state index in [1.165, 1.54) is 4.90 Å². The molecule has 0 spiro atoms. The molecule has 0 amide bonds. The third-order valence-corrected chi connectivity index (χ3v) is 4.35. The third-order valence-electron chi connectivity index (χ3n) is 3.25. The molecule has 0 fully saturated rings. The first kappa shape index (κ1) is 15.5. The van der Waals surface area contributed by atoms with Crippen molar-refractivity contribution in [1.82, 2.24) is 10.3 Å². The van der Waals surface area contributed by atoms with E-state index in [2.05, 4.69) is 24.1 Å². The molecule has 102 valence electrons. The van der Waals surface area contributed by atoms with Crippen molar-refractivity contribution < 1.29 is 5.11 Å². The van der Waals surface area contributed by atoms with Crippen LogP contribution in [0.15, 0.2) is 29.4 Å². The number of aliphatic hydroxyl groups excluding tert-OH is 1. The smallest absolute Gasteiger partial charge is 0.0613 e. The topological polar surface area (TPSA) is 45.1 Å². The summed E-state index contributed by atoms with van der Waals surface area (Å²) in [6.45, 7) is 5.35. The van der Waals surface area contributed by atoms with Crippen LogP contribution in [0.1, 0.15) is 33.1 Å². The number of thioether (sulfide) groups is 1. The van der Waals surface area contributed by atoms with Crippen LogP contribution in [0.25, 0.3) is 0 Å². The lowest BCUT2D eigenvalue weighted by Gasteiger charge is -2.31. The largest absolute Gasteiger partial charge is 0.394 e. The van der Waals surface area contributed by atoms with Gasteiger partial charge in [-0.25, -0.2) is 0 Å². The molecule has 1 atom stereocenters. The minimum atomic E-state index is -0.0897. The average molecular weight is 268 g/mol. The van der Waals surface area contributed by atoms with E-state index in [-0.39, 0.29) is 12.1 Å². The number of likely N-dealkylation sites (N-methyl/N-ethyl adjacent to an activating group) is 1. The number of aromatic nitrogens is 1. The summed E-state index contributed by atoms with van der Waals surface area (Å²) in [5, 5.41) is 13.0. The predicted molar refractivity (Wildman–Crippen MR) is 78.0 cm³/mol. The summed E-state index contributed by atoms with van der Waals surface area (Å²) in [6, 6.07) is 4.07.